The van der Waals surface area contributed by atoms with Gasteiger partial charge in [0.2, 0.25) is 11.9 Å². The van der Waals surface area contributed by atoms with Crippen LogP contribution in [0.25, 0.3) is 11.0 Å². The van der Waals surface area contributed by atoms with Crippen LogP contribution in [-0.4, -0.2) is 44.6 Å². The maximum Gasteiger partial charge on any atom is 0.339 e. The molecule has 0 aliphatic heterocycles. The van der Waals surface area contributed by atoms with Crippen molar-refractivity contribution in [3.05, 3.63) is 42.5 Å². The number of imidazole rings is 1. The van der Waals surface area contributed by atoms with Gasteiger partial charge in [0.25, 0.3) is 0 Å². The first kappa shape index (κ1) is 21.1. The highest BCUT2D eigenvalue weighted by Crippen LogP contribution is 2.30. The van der Waals surface area contributed by atoms with Gasteiger partial charge in [-0.1, -0.05) is 0 Å². The number of nitrogens with zero attached hydrogens (tertiary/aromatic N) is 1. The van der Waals surface area contributed by atoms with Gasteiger partial charge in [-0.15, -0.1) is 0 Å². The molecule has 0 bridgehead atoms. The zero-order valence-corrected chi connectivity index (χ0v) is 17.9. The minimum atomic E-state index is -4.00. The van der Waals surface area contributed by atoms with E-state index in [-0.39, 0.29) is 22.5 Å². The maximum absolute atomic E-state index is 12.6. The molecule has 164 valence electrons. The minimum Gasteiger partial charge on any atom is -0.385 e. The highest BCUT2D eigenvalue weighted by atomic mass is 32.2. The van der Waals surface area contributed by atoms with Crippen molar-refractivity contribution >= 4 is 38.7 Å². The third kappa shape index (κ3) is 5.33. The van der Waals surface area contributed by atoms with Crippen LogP contribution in [-0.2, 0) is 19.6 Å². The van der Waals surface area contributed by atoms with Gasteiger partial charge in [-0.2, -0.15) is 8.42 Å². The Morgan fingerprint density at radius 1 is 1.19 bits per heavy atom. The first-order valence-corrected chi connectivity index (χ1v) is 11.4. The second kappa shape index (κ2) is 8.94. The number of benzene rings is 2. The topological polar surface area (TPSA) is 122 Å². The summed E-state index contributed by atoms with van der Waals surface area (Å²) in [6, 6.07) is 11.1. The second-order valence-corrected chi connectivity index (χ2v) is 8.91. The van der Waals surface area contributed by atoms with E-state index in [1.54, 1.807) is 25.3 Å². The number of aromatic nitrogens is 2. The van der Waals surface area contributed by atoms with Crippen molar-refractivity contribution in [1.82, 2.24) is 9.97 Å². The molecule has 0 radical (unpaired) electrons. The zero-order valence-electron chi connectivity index (χ0n) is 17.1. The molecule has 0 saturated heterocycles. The molecule has 1 amide bonds. The van der Waals surface area contributed by atoms with E-state index in [0.29, 0.717) is 23.6 Å². The number of fused-ring (bicyclic) bond motifs is 1. The Morgan fingerprint density at radius 3 is 2.68 bits per heavy atom. The standard InChI is InChI=1S/C21H24N4O5S/c1-29-12-2-11-22-15-5-8-17(9-6-15)31(27,28)30-16-7-10-18-19(13-16)24-21(23-18)25-20(26)14-3-4-14/h5-10,13-14,22H,2-4,11-12H2,1H3,(H2,23,24,25,26). The smallest absolute Gasteiger partial charge is 0.339 e. The van der Waals surface area contributed by atoms with Crippen LogP contribution in [0.1, 0.15) is 19.3 Å². The fourth-order valence-corrected chi connectivity index (χ4v) is 3.95. The number of carbonyl (C=O) groups is 1. The molecule has 1 aromatic heterocycles. The predicted molar refractivity (Wildman–Crippen MR) is 117 cm³/mol. The van der Waals surface area contributed by atoms with Gasteiger partial charge in [0, 0.05) is 37.9 Å². The SMILES string of the molecule is COCCCNc1ccc(S(=O)(=O)Oc2ccc3[nH]c(NC(=O)C4CC4)nc3c2)cc1. The van der Waals surface area contributed by atoms with Gasteiger partial charge in [-0.05, 0) is 55.7 Å². The number of rotatable bonds is 10. The number of aromatic amines is 1. The summed E-state index contributed by atoms with van der Waals surface area (Å²) in [5.74, 6) is 0.472. The number of hydrogen-bond donors (Lipinski definition) is 3. The van der Waals surface area contributed by atoms with Crippen LogP contribution < -0.4 is 14.8 Å². The van der Waals surface area contributed by atoms with E-state index in [2.05, 4.69) is 20.6 Å². The molecule has 3 N–H and O–H groups in total. The van der Waals surface area contributed by atoms with E-state index in [1.807, 2.05) is 0 Å². The lowest BCUT2D eigenvalue weighted by Crippen LogP contribution is -2.14. The summed E-state index contributed by atoms with van der Waals surface area (Å²) >= 11 is 0. The predicted octanol–water partition coefficient (Wildman–Crippen LogP) is 3.13. The van der Waals surface area contributed by atoms with Gasteiger partial charge in [-0.25, -0.2) is 4.98 Å². The van der Waals surface area contributed by atoms with Crippen LogP contribution in [0.2, 0.25) is 0 Å². The zero-order chi connectivity index (χ0) is 21.8. The summed E-state index contributed by atoms with van der Waals surface area (Å²) in [5.41, 5.74) is 1.97. The largest absolute Gasteiger partial charge is 0.385 e. The Kier molecular flexibility index (Phi) is 6.10. The van der Waals surface area contributed by atoms with Crippen molar-refractivity contribution in [3.63, 3.8) is 0 Å². The van der Waals surface area contributed by atoms with E-state index >= 15 is 0 Å². The number of nitrogens with one attached hydrogen (secondary N) is 3. The molecule has 2 aromatic carbocycles. The van der Waals surface area contributed by atoms with E-state index < -0.39 is 10.1 Å². The van der Waals surface area contributed by atoms with Crippen molar-refractivity contribution in [2.24, 2.45) is 5.92 Å². The number of ether oxygens (including phenoxy) is 1. The Hall–Kier alpha value is -3.11. The summed E-state index contributed by atoms with van der Waals surface area (Å²) in [7, 11) is -2.35. The monoisotopic (exact) mass is 444 g/mol. The molecular formula is C21H24N4O5S. The van der Waals surface area contributed by atoms with Crippen LogP contribution in [0.5, 0.6) is 5.75 Å². The molecule has 1 aliphatic carbocycles. The Bertz CT molecular complexity index is 1170. The van der Waals surface area contributed by atoms with Gasteiger partial charge in [0.15, 0.2) is 0 Å². The molecule has 4 rings (SSSR count). The first-order valence-electron chi connectivity index (χ1n) is 10.0. The van der Waals surface area contributed by atoms with E-state index in [1.165, 1.54) is 24.3 Å². The highest BCUT2D eigenvalue weighted by Gasteiger charge is 2.30. The molecule has 10 heteroatoms. The average molecular weight is 445 g/mol. The molecule has 3 aromatic rings. The van der Waals surface area contributed by atoms with Gasteiger partial charge in [0.05, 0.1) is 11.0 Å². The molecule has 1 saturated carbocycles. The van der Waals surface area contributed by atoms with Gasteiger partial charge < -0.3 is 19.2 Å². The van der Waals surface area contributed by atoms with Crippen LogP contribution in [0.4, 0.5) is 11.6 Å². The molecule has 1 heterocycles. The molecule has 0 unspecified atom stereocenters. The van der Waals surface area contributed by atoms with Crippen molar-refractivity contribution in [2.45, 2.75) is 24.2 Å². The van der Waals surface area contributed by atoms with Crippen molar-refractivity contribution in [1.29, 1.82) is 0 Å². The number of carbonyl (C=O) groups excluding carboxylic acids is 1. The normalized spacial score (nSPS) is 13.8. The van der Waals surface area contributed by atoms with E-state index in [0.717, 1.165) is 31.5 Å². The molecular weight excluding hydrogens is 420 g/mol. The average Bonchev–Trinajstić information content (AvgIpc) is 3.52. The number of anilines is 2. The fourth-order valence-electron chi connectivity index (χ4n) is 3.02. The van der Waals surface area contributed by atoms with Crippen LogP contribution in [0.15, 0.2) is 47.4 Å². The summed E-state index contributed by atoms with van der Waals surface area (Å²) in [4.78, 5) is 19.2. The Morgan fingerprint density at radius 2 is 1.97 bits per heavy atom. The minimum absolute atomic E-state index is 0.0504. The van der Waals surface area contributed by atoms with Crippen LogP contribution >= 0.6 is 0 Å². The van der Waals surface area contributed by atoms with Crippen molar-refractivity contribution in [3.8, 4) is 5.75 Å². The lowest BCUT2D eigenvalue weighted by molar-refractivity contribution is -0.117. The number of methoxy groups -OCH3 is 1. The van der Waals surface area contributed by atoms with Crippen LogP contribution in [0, 0.1) is 5.92 Å². The molecule has 1 fully saturated rings. The van der Waals surface area contributed by atoms with Gasteiger partial charge >= 0.3 is 10.1 Å². The van der Waals surface area contributed by atoms with Crippen LogP contribution in [0.3, 0.4) is 0 Å². The highest BCUT2D eigenvalue weighted by molar-refractivity contribution is 7.87. The summed E-state index contributed by atoms with van der Waals surface area (Å²) in [6.07, 6.45) is 2.64. The van der Waals surface area contributed by atoms with Crippen molar-refractivity contribution < 1.29 is 22.1 Å². The molecule has 0 spiro atoms. The second-order valence-electron chi connectivity index (χ2n) is 7.36. The quantitative estimate of drug-likeness (QED) is 0.324. The number of amides is 1. The number of H-pyrrole nitrogens is 1. The van der Waals surface area contributed by atoms with Crippen molar-refractivity contribution in [2.75, 3.05) is 30.9 Å². The summed E-state index contributed by atoms with van der Waals surface area (Å²) in [6.45, 7) is 1.38. The Labute approximate surface area is 180 Å². The van der Waals surface area contributed by atoms with Gasteiger partial charge in [-0.3, -0.25) is 10.1 Å². The summed E-state index contributed by atoms with van der Waals surface area (Å²) in [5, 5.41) is 5.93. The fraction of sp³-hybridized carbons (Fsp3) is 0.333. The third-order valence-corrected chi connectivity index (χ3v) is 6.11. The molecule has 1 aliphatic rings. The van der Waals surface area contributed by atoms with E-state index in [4.69, 9.17) is 8.92 Å². The lowest BCUT2D eigenvalue weighted by Gasteiger charge is -2.09. The molecule has 0 atom stereocenters. The Balaban J connectivity index is 1.42. The molecule has 31 heavy (non-hydrogen) atoms. The first-order chi connectivity index (χ1) is 14.9. The van der Waals surface area contributed by atoms with Gasteiger partial charge in [0.1, 0.15) is 10.6 Å². The third-order valence-electron chi connectivity index (χ3n) is 4.85. The lowest BCUT2D eigenvalue weighted by atomic mass is 10.3. The summed E-state index contributed by atoms with van der Waals surface area (Å²) < 4.78 is 35.6. The molecule has 9 nitrogen and oxygen atoms in total. The number of hydrogen-bond acceptors (Lipinski definition) is 7. The van der Waals surface area contributed by atoms with E-state index in [9.17, 15) is 13.2 Å². The maximum atomic E-state index is 12.6.